The molecule has 4 aromatic rings. The molecule has 9 heteroatoms. The number of anilines is 2. The minimum absolute atomic E-state index is 0.118. The number of carbonyl (C=O) groups excluding carboxylic acids is 2. The standard InChI is InChI=1S/C24H20ClN5O3/c25-19-8-1-2-9-20(19)29-15-17(13-22(29)31)23(32)26-18-7-5-6-16(12-18)14-30-24(33)28-11-4-3-10-21(28)27-30/h1-12,17H,13-15H2,(H,26,32)/t17-/m0/s1. The second-order valence-electron chi connectivity index (χ2n) is 7.92. The molecule has 166 valence electrons. The zero-order valence-electron chi connectivity index (χ0n) is 17.5. The van der Waals surface area contributed by atoms with Gasteiger partial charge in [-0.25, -0.2) is 9.48 Å². The summed E-state index contributed by atoms with van der Waals surface area (Å²) in [6.07, 6.45) is 1.79. The fourth-order valence-corrected chi connectivity index (χ4v) is 4.26. The molecular formula is C24H20ClN5O3. The number of halogens is 1. The van der Waals surface area contributed by atoms with E-state index in [0.717, 1.165) is 5.56 Å². The number of nitrogens with zero attached hydrogens (tertiary/aromatic N) is 4. The molecule has 2 aromatic carbocycles. The minimum Gasteiger partial charge on any atom is -0.326 e. The molecule has 0 aliphatic carbocycles. The van der Waals surface area contributed by atoms with E-state index >= 15 is 0 Å². The first-order valence-corrected chi connectivity index (χ1v) is 10.9. The highest BCUT2D eigenvalue weighted by atomic mass is 35.5. The van der Waals surface area contributed by atoms with Crippen molar-refractivity contribution in [2.75, 3.05) is 16.8 Å². The van der Waals surface area contributed by atoms with Crippen molar-refractivity contribution in [2.24, 2.45) is 5.92 Å². The van der Waals surface area contributed by atoms with Crippen LogP contribution in [-0.2, 0) is 16.1 Å². The van der Waals surface area contributed by atoms with Crippen molar-refractivity contribution in [3.8, 4) is 0 Å². The van der Waals surface area contributed by atoms with E-state index in [1.165, 1.54) is 9.08 Å². The highest BCUT2D eigenvalue weighted by Crippen LogP contribution is 2.31. The highest BCUT2D eigenvalue weighted by molar-refractivity contribution is 6.33. The van der Waals surface area contributed by atoms with Crippen molar-refractivity contribution in [2.45, 2.75) is 13.0 Å². The largest absolute Gasteiger partial charge is 0.350 e. The lowest BCUT2D eigenvalue weighted by Gasteiger charge is -2.18. The number of hydrogen-bond acceptors (Lipinski definition) is 4. The van der Waals surface area contributed by atoms with Crippen LogP contribution in [0, 0.1) is 5.92 Å². The van der Waals surface area contributed by atoms with E-state index in [9.17, 15) is 14.4 Å². The van der Waals surface area contributed by atoms with E-state index in [-0.39, 0.29) is 37.0 Å². The summed E-state index contributed by atoms with van der Waals surface area (Å²) in [5.41, 5.74) is 2.36. The monoisotopic (exact) mass is 461 g/mol. The fourth-order valence-electron chi connectivity index (χ4n) is 4.02. The van der Waals surface area contributed by atoms with Gasteiger partial charge >= 0.3 is 5.69 Å². The van der Waals surface area contributed by atoms with Gasteiger partial charge in [-0.2, -0.15) is 0 Å². The van der Waals surface area contributed by atoms with E-state index in [4.69, 9.17) is 11.6 Å². The van der Waals surface area contributed by atoms with Gasteiger partial charge in [0, 0.05) is 24.8 Å². The number of amides is 2. The Hall–Kier alpha value is -3.91. The van der Waals surface area contributed by atoms with Crippen molar-refractivity contribution in [3.63, 3.8) is 0 Å². The van der Waals surface area contributed by atoms with Crippen molar-refractivity contribution >= 4 is 40.4 Å². The van der Waals surface area contributed by atoms with Crippen LogP contribution in [0.25, 0.3) is 5.65 Å². The number of aromatic nitrogens is 3. The van der Waals surface area contributed by atoms with E-state index in [1.54, 1.807) is 53.6 Å². The Kier molecular flexibility index (Phi) is 5.43. The fraction of sp³-hybridized carbons (Fsp3) is 0.167. The summed E-state index contributed by atoms with van der Waals surface area (Å²) in [6, 6.07) is 19.7. The molecule has 5 rings (SSSR count). The predicted octanol–water partition coefficient (Wildman–Crippen LogP) is 3.19. The summed E-state index contributed by atoms with van der Waals surface area (Å²) in [5, 5.41) is 7.71. The van der Waals surface area contributed by atoms with Gasteiger partial charge in [0.05, 0.1) is 23.2 Å². The molecule has 8 nitrogen and oxygen atoms in total. The third-order valence-corrected chi connectivity index (χ3v) is 5.97. The SMILES string of the molecule is O=C(Nc1cccc(Cn2nc3ccccn3c2=O)c1)[C@H]1CC(=O)N(c2ccccc2Cl)C1. The van der Waals surface area contributed by atoms with E-state index in [1.807, 2.05) is 24.3 Å². The van der Waals surface area contributed by atoms with Crippen LogP contribution in [0.1, 0.15) is 12.0 Å². The van der Waals surface area contributed by atoms with Gasteiger partial charge in [0.2, 0.25) is 11.8 Å². The Morgan fingerprint density at radius 3 is 2.70 bits per heavy atom. The van der Waals surface area contributed by atoms with E-state index < -0.39 is 5.92 Å². The molecule has 33 heavy (non-hydrogen) atoms. The van der Waals surface area contributed by atoms with Gasteiger partial charge in [-0.1, -0.05) is 41.9 Å². The van der Waals surface area contributed by atoms with Crippen LogP contribution < -0.4 is 15.9 Å². The summed E-state index contributed by atoms with van der Waals surface area (Å²) in [5.74, 6) is -0.860. The Bertz CT molecular complexity index is 1430. The van der Waals surface area contributed by atoms with Gasteiger partial charge < -0.3 is 10.2 Å². The summed E-state index contributed by atoms with van der Waals surface area (Å²) in [7, 11) is 0. The Morgan fingerprint density at radius 1 is 1.06 bits per heavy atom. The number of rotatable bonds is 5. The molecule has 0 saturated carbocycles. The minimum atomic E-state index is -0.488. The number of nitrogens with one attached hydrogen (secondary N) is 1. The smallest absolute Gasteiger partial charge is 0.326 e. The van der Waals surface area contributed by atoms with E-state index in [2.05, 4.69) is 10.4 Å². The lowest BCUT2D eigenvalue weighted by Crippen LogP contribution is -2.28. The van der Waals surface area contributed by atoms with Crippen LogP contribution in [0.15, 0.2) is 77.7 Å². The molecule has 2 aromatic heterocycles. The molecule has 1 aliphatic heterocycles. The topological polar surface area (TPSA) is 88.7 Å². The van der Waals surface area contributed by atoms with Crippen LogP contribution in [0.5, 0.6) is 0 Å². The normalized spacial score (nSPS) is 15.8. The maximum absolute atomic E-state index is 12.9. The third-order valence-electron chi connectivity index (χ3n) is 5.65. The van der Waals surface area contributed by atoms with Crippen molar-refractivity contribution < 1.29 is 9.59 Å². The molecule has 0 bridgehead atoms. The predicted molar refractivity (Wildman–Crippen MR) is 126 cm³/mol. The third kappa shape index (κ3) is 4.12. The second-order valence-corrected chi connectivity index (χ2v) is 8.32. The number of fused-ring (bicyclic) bond motifs is 1. The Morgan fingerprint density at radius 2 is 1.88 bits per heavy atom. The first-order chi connectivity index (χ1) is 16.0. The number of benzene rings is 2. The van der Waals surface area contributed by atoms with Crippen molar-refractivity contribution in [1.29, 1.82) is 0 Å². The summed E-state index contributed by atoms with van der Waals surface area (Å²) in [6.45, 7) is 0.539. The quantitative estimate of drug-likeness (QED) is 0.494. The Balaban J connectivity index is 1.29. The summed E-state index contributed by atoms with van der Waals surface area (Å²) >= 11 is 6.22. The van der Waals surface area contributed by atoms with Gasteiger partial charge in [0.25, 0.3) is 0 Å². The zero-order valence-corrected chi connectivity index (χ0v) is 18.3. The lowest BCUT2D eigenvalue weighted by molar-refractivity contribution is -0.122. The van der Waals surface area contributed by atoms with Gasteiger partial charge in [0.1, 0.15) is 0 Å². The van der Waals surface area contributed by atoms with Crippen LogP contribution in [0.3, 0.4) is 0 Å². The van der Waals surface area contributed by atoms with Crippen LogP contribution in [0.2, 0.25) is 5.02 Å². The molecule has 1 aliphatic rings. The first-order valence-electron chi connectivity index (χ1n) is 10.5. The molecule has 0 spiro atoms. The van der Waals surface area contributed by atoms with Crippen LogP contribution in [-0.4, -0.2) is 32.5 Å². The number of hydrogen-bond donors (Lipinski definition) is 1. The molecular weight excluding hydrogens is 442 g/mol. The average Bonchev–Trinajstić information content (AvgIpc) is 3.35. The molecule has 1 saturated heterocycles. The number of carbonyl (C=O) groups is 2. The number of para-hydroxylation sites is 1. The summed E-state index contributed by atoms with van der Waals surface area (Å²) in [4.78, 5) is 39.4. The number of pyridine rings is 1. The van der Waals surface area contributed by atoms with Gasteiger partial charge in [-0.3, -0.25) is 14.0 Å². The van der Waals surface area contributed by atoms with Gasteiger partial charge in [-0.05, 0) is 42.0 Å². The van der Waals surface area contributed by atoms with E-state index in [0.29, 0.717) is 22.0 Å². The van der Waals surface area contributed by atoms with Gasteiger partial charge in [-0.15, -0.1) is 5.10 Å². The van der Waals surface area contributed by atoms with Crippen LogP contribution >= 0.6 is 11.6 Å². The molecule has 0 radical (unpaired) electrons. The van der Waals surface area contributed by atoms with Crippen LogP contribution in [0.4, 0.5) is 11.4 Å². The Labute approximate surface area is 194 Å². The van der Waals surface area contributed by atoms with Crippen molar-refractivity contribution in [1.82, 2.24) is 14.2 Å². The molecule has 2 amide bonds. The maximum atomic E-state index is 12.9. The lowest BCUT2D eigenvalue weighted by atomic mass is 10.1. The molecule has 3 heterocycles. The van der Waals surface area contributed by atoms with Crippen molar-refractivity contribution in [3.05, 3.63) is 94.0 Å². The molecule has 1 N–H and O–H groups in total. The average molecular weight is 462 g/mol. The summed E-state index contributed by atoms with van der Waals surface area (Å²) < 4.78 is 2.86. The zero-order chi connectivity index (χ0) is 22.9. The second kappa shape index (κ2) is 8.55. The highest BCUT2D eigenvalue weighted by Gasteiger charge is 2.35. The molecule has 0 unspecified atom stereocenters. The molecule has 1 fully saturated rings. The maximum Gasteiger partial charge on any atom is 0.350 e. The first kappa shape index (κ1) is 21.0. The molecule has 1 atom stereocenters. The van der Waals surface area contributed by atoms with Gasteiger partial charge in [0.15, 0.2) is 5.65 Å².